The number of nitrogens with two attached hydrogens (primary N) is 1. The van der Waals surface area contributed by atoms with Crippen molar-refractivity contribution in [3.8, 4) is 0 Å². The highest BCUT2D eigenvalue weighted by atomic mass is 19.4. The van der Waals surface area contributed by atoms with Crippen LogP contribution >= 0.6 is 0 Å². The standard InChI is InChI=1S/C12H11F4N5/c1-6-2-3-7(13)4-8(6)18-9-5-10(21-17)20-11(19-9)12(14,15)16/h2-5H,17H2,1H3,(H2,18,19,20,21). The minimum absolute atomic E-state index is 0.154. The maximum absolute atomic E-state index is 13.2. The monoisotopic (exact) mass is 301 g/mol. The first-order valence-corrected chi connectivity index (χ1v) is 5.75. The summed E-state index contributed by atoms with van der Waals surface area (Å²) in [5.74, 6) is 2.84. The van der Waals surface area contributed by atoms with Gasteiger partial charge in [0.1, 0.15) is 17.5 Å². The summed E-state index contributed by atoms with van der Waals surface area (Å²) in [7, 11) is 0. The Morgan fingerprint density at radius 1 is 1.10 bits per heavy atom. The third-order valence-electron chi connectivity index (χ3n) is 2.59. The highest BCUT2D eigenvalue weighted by Gasteiger charge is 2.35. The molecule has 0 saturated heterocycles. The summed E-state index contributed by atoms with van der Waals surface area (Å²) in [5.41, 5.74) is 2.97. The molecule has 0 atom stereocenters. The van der Waals surface area contributed by atoms with Gasteiger partial charge in [-0.1, -0.05) is 6.07 Å². The average molecular weight is 301 g/mol. The number of alkyl halides is 3. The molecule has 0 aliphatic rings. The Bertz CT molecular complexity index is 657. The van der Waals surface area contributed by atoms with E-state index >= 15 is 0 Å². The molecule has 1 aromatic heterocycles. The first-order valence-electron chi connectivity index (χ1n) is 5.75. The number of nitrogen functional groups attached to an aromatic ring is 1. The zero-order chi connectivity index (χ0) is 15.6. The third-order valence-corrected chi connectivity index (χ3v) is 2.59. The number of rotatable bonds is 3. The number of aromatic nitrogens is 2. The van der Waals surface area contributed by atoms with Crippen LogP contribution in [0.4, 0.5) is 34.9 Å². The molecule has 0 fully saturated rings. The molecule has 0 amide bonds. The minimum Gasteiger partial charge on any atom is -0.340 e. The number of hydrazine groups is 1. The van der Waals surface area contributed by atoms with Gasteiger partial charge in [0.25, 0.3) is 0 Å². The molecule has 2 aromatic rings. The molecular formula is C12H11F4N5. The van der Waals surface area contributed by atoms with Crippen LogP contribution in [0.3, 0.4) is 0 Å². The van der Waals surface area contributed by atoms with Crippen LogP contribution in [0, 0.1) is 12.7 Å². The Labute approximate surface area is 117 Å². The summed E-state index contributed by atoms with van der Waals surface area (Å²) in [5, 5.41) is 2.61. The van der Waals surface area contributed by atoms with Gasteiger partial charge < -0.3 is 10.7 Å². The van der Waals surface area contributed by atoms with Crippen LogP contribution in [0.5, 0.6) is 0 Å². The Kier molecular flexibility index (Phi) is 3.94. The van der Waals surface area contributed by atoms with E-state index in [9.17, 15) is 17.6 Å². The smallest absolute Gasteiger partial charge is 0.340 e. The lowest BCUT2D eigenvalue weighted by atomic mass is 10.2. The molecule has 1 aromatic carbocycles. The second kappa shape index (κ2) is 5.52. The number of anilines is 3. The number of hydrogen-bond donors (Lipinski definition) is 3. The van der Waals surface area contributed by atoms with E-state index in [0.717, 1.165) is 6.07 Å². The normalized spacial score (nSPS) is 11.3. The van der Waals surface area contributed by atoms with Gasteiger partial charge in [-0.25, -0.2) is 20.2 Å². The van der Waals surface area contributed by atoms with Crippen molar-refractivity contribution in [3.63, 3.8) is 0 Å². The van der Waals surface area contributed by atoms with Gasteiger partial charge in [-0.15, -0.1) is 0 Å². The molecule has 5 nitrogen and oxygen atoms in total. The Morgan fingerprint density at radius 3 is 2.38 bits per heavy atom. The van der Waals surface area contributed by atoms with Crippen molar-refractivity contribution in [2.75, 3.05) is 10.7 Å². The van der Waals surface area contributed by atoms with Crippen molar-refractivity contribution < 1.29 is 17.6 Å². The number of nitrogens with zero attached hydrogens (tertiary/aromatic N) is 2. The molecule has 9 heteroatoms. The second-order valence-corrected chi connectivity index (χ2v) is 4.19. The number of hydrogen-bond acceptors (Lipinski definition) is 5. The molecule has 4 N–H and O–H groups in total. The van der Waals surface area contributed by atoms with Crippen LogP contribution in [0.25, 0.3) is 0 Å². The van der Waals surface area contributed by atoms with E-state index in [1.807, 2.05) is 5.43 Å². The summed E-state index contributed by atoms with van der Waals surface area (Å²) in [6.45, 7) is 1.68. The lowest BCUT2D eigenvalue weighted by molar-refractivity contribution is -0.144. The van der Waals surface area contributed by atoms with Gasteiger partial charge in [0, 0.05) is 11.8 Å². The van der Waals surface area contributed by atoms with Gasteiger partial charge in [-0.05, 0) is 24.6 Å². The predicted octanol–water partition coefficient (Wildman–Crippen LogP) is 2.97. The highest BCUT2D eigenvalue weighted by Crippen LogP contribution is 2.29. The zero-order valence-corrected chi connectivity index (χ0v) is 10.8. The molecule has 0 aliphatic carbocycles. The molecule has 0 bridgehead atoms. The lowest BCUT2D eigenvalue weighted by Crippen LogP contribution is -2.16. The lowest BCUT2D eigenvalue weighted by Gasteiger charge is -2.12. The van der Waals surface area contributed by atoms with Crippen LogP contribution in [0.1, 0.15) is 11.4 Å². The van der Waals surface area contributed by atoms with E-state index in [2.05, 4.69) is 15.3 Å². The van der Waals surface area contributed by atoms with Crippen molar-refractivity contribution in [1.82, 2.24) is 9.97 Å². The van der Waals surface area contributed by atoms with Gasteiger partial charge in [-0.3, -0.25) is 0 Å². The molecular weight excluding hydrogens is 290 g/mol. The average Bonchev–Trinajstić information content (AvgIpc) is 2.41. The molecule has 0 aliphatic heterocycles. The van der Waals surface area contributed by atoms with E-state index in [4.69, 9.17) is 5.84 Å². The van der Waals surface area contributed by atoms with Crippen LogP contribution in [0.15, 0.2) is 24.3 Å². The SMILES string of the molecule is Cc1ccc(F)cc1Nc1cc(NN)nc(C(F)(F)F)n1. The number of nitrogens with one attached hydrogen (secondary N) is 2. The van der Waals surface area contributed by atoms with Gasteiger partial charge in [0.2, 0.25) is 5.82 Å². The molecule has 0 unspecified atom stereocenters. The van der Waals surface area contributed by atoms with E-state index in [1.165, 1.54) is 18.2 Å². The van der Waals surface area contributed by atoms with Crippen LogP contribution in [0.2, 0.25) is 0 Å². The fourth-order valence-electron chi connectivity index (χ4n) is 1.58. The highest BCUT2D eigenvalue weighted by molar-refractivity contribution is 5.62. The number of halogens is 4. The fourth-order valence-corrected chi connectivity index (χ4v) is 1.58. The first-order chi connectivity index (χ1) is 9.79. The van der Waals surface area contributed by atoms with E-state index in [1.54, 1.807) is 6.92 Å². The zero-order valence-electron chi connectivity index (χ0n) is 10.8. The minimum atomic E-state index is -4.72. The van der Waals surface area contributed by atoms with Gasteiger partial charge in [0.15, 0.2) is 0 Å². The fraction of sp³-hybridized carbons (Fsp3) is 0.167. The second-order valence-electron chi connectivity index (χ2n) is 4.19. The van der Waals surface area contributed by atoms with Crippen molar-refractivity contribution >= 4 is 17.3 Å². The summed E-state index contributed by atoms with van der Waals surface area (Å²) in [6.07, 6.45) is -4.72. The molecule has 21 heavy (non-hydrogen) atoms. The third kappa shape index (κ3) is 3.57. The molecule has 2 rings (SSSR count). The topological polar surface area (TPSA) is 75.9 Å². The van der Waals surface area contributed by atoms with Crippen molar-refractivity contribution in [1.29, 1.82) is 0 Å². The summed E-state index contributed by atoms with van der Waals surface area (Å²) in [4.78, 5) is 6.57. The Morgan fingerprint density at radius 2 is 1.76 bits per heavy atom. The Hall–Kier alpha value is -2.42. The largest absolute Gasteiger partial charge is 0.451 e. The molecule has 0 saturated carbocycles. The van der Waals surface area contributed by atoms with E-state index < -0.39 is 17.8 Å². The van der Waals surface area contributed by atoms with Gasteiger partial charge >= 0.3 is 6.18 Å². The van der Waals surface area contributed by atoms with Crippen LogP contribution in [-0.4, -0.2) is 9.97 Å². The molecule has 1 heterocycles. The maximum atomic E-state index is 13.2. The van der Waals surface area contributed by atoms with Crippen molar-refractivity contribution in [3.05, 3.63) is 41.5 Å². The quantitative estimate of drug-likeness (QED) is 0.461. The van der Waals surface area contributed by atoms with E-state index in [0.29, 0.717) is 11.3 Å². The van der Waals surface area contributed by atoms with Gasteiger partial charge in [0.05, 0.1) is 0 Å². The van der Waals surface area contributed by atoms with Crippen molar-refractivity contribution in [2.24, 2.45) is 5.84 Å². The molecule has 0 spiro atoms. The summed E-state index contributed by atoms with van der Waals surface area (Å²) < 4.78 is 51.2. The molecule has 112 valence electrons. The maximum Gasteiger partial charge on any atom is 0.451 e. The summed E-state index contributed by atoms with van der Waals surface area (Å²) in [6, 6.07) is 5.07. The van der Waals surface area contributed by atoms with Gasteiger partial charge in [-0.2, -0.15) is 13.2 Å². The van der Waals surface area contributed by atoms with Crippen molar-refractivity contribution in [2.45, 2.75) is 13.1 Å². The van der Waals surface area contributed by atoms with Crippen LogP contribution < -0.4 is 16.6 Å². The summed E-state index contributed by atoms with van der Waals surface area (Å²) >= 11 is 0. The number of benzene rings is 1. The first kappa shape index (κ1) is 15.0. The predicted molar refractivity (Wildman–Crippen MR) is 69.3 cm³/mol. The Balaban J connectivity index is 2.42. The number of aryl methyl sites for hydroxylation is 1. The molecule has 0 radical (unpaired) electrons. The van der Waals surface area contributed by atoms with E-state index in [-0.39, 0.29) is 11.6 Å². The van der Waals surface area contributed by atoms with Crippen LogP contribution in [-0.2, 0) is 6.18 Å².